The van der Waals surface area contributed by atoms with Gasteiger partial charge in [-0.1, -0.05) is 0 Å². The fraction of sp³-hybridized carbons (Fsp3) is 0.500. The lowest BCUT2D eigenvalue weighted by Gasteiger charge is -2.00. The molecule has 3 heteroatoms. The number of carbonyl (C=O) groups is 1. The van der Waals surface area contributed by atoms with E-state index in [0.717, 1.165) is 0 Å². The number of hydrogen-bond donors (Lipinski definition) is 0. The van der Waals surface area contributed by atoms with Crippen LogP contribution in [0.2, 0.25) is 0 Å². The first-order chi connectivity index (χ1) is 3.39. The quantitative estimate of drug-likeness (QED) is 0.427. The molecule has 0 radical (unpaired) electrons. The van der Waals surface area contributed by atoms with Crippen LogP contribution in [0.5, 0.6) is 0 Å². The van der Waals surface area contributed by atoms with E-state index in [0.29, 0.717) is 13.0 Å². The number of nitrogens with zero attached hydrogens (tertiary/aromatic N) is 1. The van der Waals surface area contributed by atoms with E-state index in [-0.39, 0.29) is 5.91 Å². The highest BCUT2D eigenvalue weighted by Crippen LogP contribution is 1.90. The molecule has 1 amide bonds. The van der Waals surface area contributed by atoms with Crippen molar-refractivity contribution in [2.24, 2.45) is 4.99 Å². The summed E-state index contributed by atoms with van der Waals surface area (Å²) < 4.78 is 4.63. The van der Waals surface area contributed by atoms with Crippen LogP contribution in [0.1, 0.15) is 6.42 Å². The predicted molar refractivity (Wildman–Crippen MR) is 24.1 cm³/mol. The Bertz CT molecular complexity index is 108. The molecule has 1 heterocycles. The van der Waals surface area contributed by atoms with E-state index >= 15 is 0 Å². The largest absolute Gasteiger partial charge is 0.482 e. The molecule has 0 unspecified atom stereocenters. The summed E-state index contributed by atoms with van der Waals surface area (Å²) in [6.45, 7) is 0.488. The molecule has 0 bridgehead atoms. The fourth-order valence-electron chi connectivity index (χ4n) is 0.360. The summed E-state index contributed by atoms with van der Waals surface area (Å²) in [5, 5.41) is 0. The molecule has 1 rings (SSSR count). The summed E-state index contributed by atoms with van der Waals surface area (Å²) >= 11 is 0. The molecule has 3 nitrogen and oxygen atoms in total. The third-order valence-corrected chi connectivity index (χ3v) is 0.705. The maximum atomic E-state index is 10.2. The number of ether oxygens (including phenoxy) is 1. The summed E-state index contributed by atoms with van der Waals surface area (Å²) in [5.41, 5.74) is 0. The number of carbonyl (C=O) groups excluding carboxylic acids is 1. The molecule has 7 heavy (non-hydrogen) atoms. The number of aliphatic imine (C=N–C) groups is 1. The van der Waals surface area contributed by atoms with Gasteiger partial charge in [0.05, 0.1) is 13.0 Å². The Balaban J connectivity index is 2.51. The topological polar surface area (TPSA) is 38.7 Å². The van der Waals surface area contributed by atoms with Gasteiger partial charge in [0.1, 0.15) is 0 Å². The lowest BCUT2D eigenvalue weighted by molar-refractivity contribution is -0.119. The van der Waals surface area contributed by atoms with Gasteiger partial charge in [-0.15, -0.1) is 0 Å². The van der Waals surface area contributed by atoms with E-state index in [1.54, 1.807) is 0 Å². The van der Waals surface area contributed by atoms with Crippen molar-refractivity contribution in [1.29, 1.82) is 0 Å². The second-order valence-electron chi connectivity index (χ2n) is 1.25. The van der Waals surface area contributed by atoms with Gasteiger partial charge in [-0.3, -0.25) is 4.79 Å². The Morgan fingerprint density at radius 3 is 3.00 bits per heavy atom. The van der Waals surface area contributed by atoms with Crippen LogP contribution in [-0.2, 0) is 9.53 Å². The maximum absolute atomic E-state index is 10.2. The number of hydrogen-bond acceptors (Lipinski definition) is 2. The van der Waals surface area contributed by atoms with Gasteiger partial charge < -0.3 is 4.74 Å². The standard InChI is InChI=1S/C4H5NO2/c6-4-1-2-7-3-5-4/h3H,1-2H2. The summed E-state index contributed by atoms with van der Waals surface area (Å²) in [6.07, 6.45) is 1.61. The molecule has 0 fully saturated rings. The molecule has 0 N–H and O–H groups in total. The average Bonchev–Trinajstić information content (AvgIpc) is 1.69. The summed E-state index contributed by atoms with van der Waals surface area (Å²) in [7, 11) is 0. The summed E-state index contributed by atoms with van der Waals surface area (Å²) in [5.74, 6) is -0.0914. The minimum absolute atomic E-state index is 0.0914. The Kier molecular flexibility index (Phi) is 1.06. The van der Waals surface area contributed by atoms with Crippen molar-refractivity contribution in [3.05, 3.63) is 0 Å². The van der Waals surface area contributed by atoms with Gasteiger partial charge in [0.25, 0.3) is 5.91 Å². The molecule has 0 aromatic heterocycles. The van der Waals surface area contributed by atoms with Crippen LogP contribution in [0.3, 0.4) is 0 Å². The summed E-state index contributed by atoms with van der Waals surface area (Å²) in [6, 6.07) is 0. The van der Waals surface area contributed by atoms with E-state index in [4.69, 9.17) is 0 Å². The fourth-order valence-corrected chi connectivity index (χ4v) is 0.360. The van der Waals surface area contributed by atoms with Crippen molar-refractivity contribution in [3.8, 4) is 0 Å². The van der Waals surface area contributed by atoms with E-state index in [9.17, 15) is 4.79 Å². The lowest BCUT2D eigenvalue weighted by Crippen LogP contribution is -2.06. The van der Waals surface area contributed by atoms with Crippen LogP contribution in [0.25, 0.3) is 0 Å². The highest BCUT2D eigenvalue weighted by atomic mass is 16.5. The molecule has 0 aromatic rings. The van der Waals surface area contributed by atoms with Gasteiger partial charge in [0, 0.05) is 0 Å². The van der Waals surface area contributed by atoms with Crippen LogP contribution < -0.4 is 0 Å². The van der Waals surface area contributed by atoms with Crippen molar-refractivity contribution < 1.29 is 9.53 Å². The van der Waals surface area contributed by atoms with Gasteiger partial charge in [-0.25, -0.2) is 0 Å². The molecule has 0 saturated heterocycles. The zero-order valence-electron chi connectivity index (χ0n) is 3.76. The third-order valence-electron chi connectivity index (χ3n) is 0.705. The van der Waals surface area contributed by atoms with Crippen LogP contribution >= 0.6 is 0 Å². The third kappa shape index (κ3) is 0.994. The molecule has 0 saturated carbocycles. The Morgan fingerprint density at radius 1 is 1.86 bits per heavy atom. The first-order valence-electron chi connectivity index (χ1n) is 2.06. The molecular weight excluding hydrogens is 94.0 g/mol. The van der Waals surface area contributed by atoms with Crippen LogP contribution in [0.15, 0.2) is 4.99 Å². The number of amides is 1. The normalized spacial score (nSPS) is 19.1. The Morgan fingerprint density at radius 2 is 2.71 bits per heavy atom. The Hall–Kier alpha value is -0.860. The van der Waals surface area contributed by atoms with E-state index < -0.39 is 0 Å². The van der Waals surface area contributed by atoms with Crippen molar-refractivity contribution >= 4 is 12.3 Å². The summed E-state index contributed by atoms with van der Waals surface area (Å²) in [4.78, 5) is 13.5. The minimum Gasteiger partial charge on any atom is -0.482 e. The molecule has 1 aliphatic heterocycles. The van der Waals surface area contributed by atoms with Gasteiger partial charge in [-0.2, -0.15) is 4.99 Å². The molecule has 1 aliphatic rings. The van der Waals surface area contributed by atoms with E-state index in [1.165, 1.54) is 6.40 Å². The average molecular weight is 99.1 g/mol. The number of rotatable bonds is 0. The molecule has 0 aliphatic carbocycles. The molecular formula is C4H5NO2. The second kappa shape index (κ2) is 1.73. The SMILES string of the molecule is O=C1CCOC=N1. The molecule has 0 atom stereocenters. The monoisotopic (exact) mass is 99.0 g/mol. The van der Waals surface area contributed by atoms with Gasteiger partial charge >= 0.3 is 0 Å². The second-order valence-corrected chi connectivity index (χ2v) is 1.25. The van der Waals surface area contributed by atoms with E-state index in [1.807, 2.05) is 0 Å². The van der Waals surface area contributed by atoms with Gasteiger partial charge in [0.2, 0.25) is 0 Å². The van der Waals surface area contributed by atoms with Crippen molar-refractivity contribution in [2.45, 2.75) is 6.42 Å². The predicted octanol–water partition coefficient (Wildman–Crippen LogP) is -0.0384. The van der Waals surface area contributed by atoms with Gasteiger partial charge in [0.15, 0.2) is 6.40 Å². The molecule has 38 valence electrons. The van der Waals surface area contributed by atoms with Crippen molar-refractivity contribution in [2.75, 3.05) is 6.61 Å². The highest BCUT2D eigenvalue weighted by molar-refractivity contribution is 5.84. The molecule has 0 spiro atoms. The Labute approximate surface area is 41.0 Å². The van der Waals surface area contributed by atoms with Crippen LogP contribution in [-0.4, -0.2) is 18.9 Å². The lowest BCUT2D eigenvalue weighted by atomic mass is 10.4. The zero-order valence-corrected chi connectivity index (χ0v) is 3.76. The highest BCUT2D eigenvalue weighted by Gasteiger charge is 2.00. The first-order valence-corrected chi connectivity index (χ1v) is 2.06. The smallest absolute Gasteiger partial charge is 0.251 e. The first kappa shape index (κ1) is 4.30. The van der Waals surface area contributed by atoms with Crippen LogP contribution in [0, 0.1) is 0 Å². The van der Waals surface area contributed by atoms with Crippen molar-refractivity contribution in [3.63, 3.8) is 0 Å². The minimum atomic E-state index is -0.0914. The van der Waals surface area contributed by atoms with Crippen LogP contribution in [0.4, 0.5) is 0 Å². The zero-order chi connectivity index (χ0) is 5.11. The molecule has 0 aromatic carbocycles. The van der Waals surface area contributed by atoms with Gasteiger partial charge in [-0.05, 0) is 0 Å². The van der Waals surface area contributed by atoms with E-state index in [2.05, 4.69) is 9.73 Å². The van der Waals surface area contributed by atoms with Crippen molar-refractivity contribution in [1.82, 2.24) is 0 Å². The maximum Gasteiger partial charge on any atom is 0.251 e.